The predicted octanol–water partition coefficient (Wildman–Crippen LogP) is 8.07. The van der Waals surface area contributed by atoms with E-state index in [1.807, 2.05) is 0 Å². The Morgan fingerprint density at radius 3 is 0.846 bits per heavy atom. The average Bonchev–Trinajstić information content (AvgIpc) is 3.17. The van der Waals surface area contributed by atoms with Gasteiger partial charge in [0, 0.05) is 88.3 Å². The molecule has 0 unspecified atom stereocenters. The van der Waals surface area contributed by atoms with Gasteiger partial charge in [0.1, 0.15) is 16.6 Å². The molecule has 0 amide bonds. The first-order valence-corrected chi connectivity index (χ1v) is 15.1. The molecular formula is C36H21CoN9O6. The van der Waals surface area contributed by atoms with Gasteiger partial charge in [-0.05, 0) is 54.6 Å². The Morgan fingerprint density at radius 2 is 0.596 bits per heavy atom. The van der Waals surface area contributed by atoms with Crippen molar-refractivity contribution in [3.8, 4) is 0 Å². The zero-order chi connectivity index (χ0) is 35.5. The van der Waals surface area contributed by atoms with E-state index in [-0.39, 0.29) is 33.8 Å². The van der Waals surface area contributed by atoms with Crippen LogP contribution in [0.3, 0.4) is 0 Å². The van der Waals surface area contributed by atoms with Gasteiger partial charge in [0.25, 0.3) is 17.1 Å². The van der Waals surface area contributed by atoms with Crippen LogP contribution >= 0.6 is 0 Å². The molecule has 0 spiro atoms. The fourth-order valence-corrected chi connectivity index (χ4v) is 5.73. The van der Waals surface area contributed by atoms with Crippen LogP contribution in [0.1, 0.15) is 0 Å². The number of non-ortho nitro benzene ring substituents is 3. The molecule has 3 aromatic carbocycles. The summed E-state index contributed by atoms with van der Waals surface area (Å²) in [7, 11) is 0. The molecule has 255 valence electrons. The monoisotopic (exact) mass is 734 g/mol. The molecule has 9 aromatic rings. The molecule has 0 saturated carbocycles. The van der Waals surface area contributed by atoms with Crippen molar-refractivity contribution in [2.24, 2.45) is 0 Å². The topological polar surface area (TPSA) is 207 Å². The summed E-state index contributed by atoms with van der Waals surface area (Å²) in [5, 5.41) is 36.8. The molecular weight excluding hydrogens is 713 g/mol. The summed E-state index contributed by atoms with van der Waals surface area (Å²) in [5.74, 6) is 0. The number of fused-ring (bicyclic) bond motifs is 9. The van der Waals surface area contributed by atoms with E-state index in [2.05, 4.69) is 29.9 Å². The van der Waals surface area contributed by atoms with E-state index in [9.17, 15) is 30.3 Å². The van der Waals surface area contributed by atoms with Gasteiger partial charge in [-0.1, -0.05) is 18.2 Å². The third-order valence-corrected chi connectivity index (χ3v) is 7.91. The summed E-state index contributed by atoms with van der Waals surface area (Å²) in [6.45, 7) is 0. The SMILES string of the molecule is O=[N+]([O-])c1cc2cccnc2c2ncccc12.O=[N+]([O-])c1cc2cccnc2c2ncccc12.O=[N+]([O-])c1cc2cccnc2c2ncccc12.[Co]. The van der Waals surface area contributed by atoms with Crippen LogP contribution in [-0.2, 0) is 16.8 Å². The second-order valence-corrected chi connectivity index (χ2v) is 10.9. The molecule has 6 aromatic heterocycles. The van der Waals surface area contributed by atoms with Crippen molar-refractivity contribution in [3.05, 3.63) is 159 Å². The Bertz CT molecular complexity index is 2530. The molecule has 0 aliphatic carbocycles. The van der Waals surface area contributed by atoms with Crippen LogP contribution in [0.5, 0.6) is 0 Å². The molecule has 0 aliphatic heterocycles. The van der Waals surface area contributed by atoms with E-state index in [0.29, 0.717) is 49.3 Å². The zero-order valence-corrected chi connectivity index (χ0v) is 27.5. The summed E-state index contributed by atoms with van der Waals surface area (Å²) in [6.07, 6.45) is 9.80. The Hall–Kier alpha value is -7.17. The summed E-state index contributed by atoms with van der Waals surface area (Å²) in [6, 6.07) is 25.4. The van der Waals surface area contributed by atoms with Crippen molar-refractivity contribution in [3.63, 3.8) is 0 Å². The fraction of sp³-hybridized carbons (Fsp3) is 0. The van der Waals surface area contributed by atoms with Crippen LogP contribution in [0, 0.1) is 30.3 Å². The van der Waals surface area contributed by atoms with Gasteiger partial charge in [-0.2, -0.15) is 0 Å². The van der Waals surface area contributed by atoms with Gasteiger partial charge in [-0.3, -0.25) is 60.2 Å². The Balaban J connectivity index is 0.000000133. The van der Waals surface area contributed by atoms with Gasteiger partial charge in [0.15, 0.2) is 0 Å². The Labute approximate surface area is 301 Å². The van der Waals surface area contributed by atoms with E-state index < -0.39 is 14.8 Å². The van der Waals surface area contributed by atoms with Crippen molar-refractivity contribution < 1.29 is 31.5 Å². The predicted molar refractivity (Wildman–Crippen MR) is 191 cm³/mol. The smallest absolute Gasteiger partial charge is 0.258 e. The van der Waals surface area contributed by atoms with E-state index in [1.165, 1.54) is 18.2 Å². The Morgan fingerprint density at radius 1 is 0.365 bits per heavy atom. The van der Waals surface area contributed by atoms with E-state index >= 15 is 0 Å². The molecule has 15 nitrogen and oxygen atoms in total. The number of hydrogen-bond donors (Lipinski definition) is 0. The fourth-order valence-electron chi connectivity index (χ4n) is 5.73. The molecule has 0 saturated heterocycles. The number of nitro benzene ring substituents is 3. The van der Waals surface area contributed by atoms with Gasteiger partial charge in [-0.15, -0.1) is 0 Å². The van der Waals surface area contributed by atoms with Crippen LogP contribution in [-0.4, -0.2) is 44.7 Å². The minimum absolute atomic E-state index is 0. The number of rotatable bonds is 3. The third kappa shape index (κ3) is 6.57. The van der Waals surface area contributed by atoms with Crippen molar-refractivity contribution in [1.82, 2.24) is 29.9 Å². The molecule has 0 aliphatic rings. The van der Waals surface area contributed by atoms with Crippen LogP contribution in [0.25, 0.3) is 65.4 Å². The van der Waals surface area contributed by atoms with Crippen LogP contribution in [0.4, 0.5) is 17.1 Å². The first-order chi connectivity index (χ1) is 24.8. The molecule has 0 fully saturated rings. The summed E-state index contributed by atoms with van der Waals surface area (Å²) >= 11 is 0. The van der Waals surface area contributed by atoms with Gasteiger partial charge in [0.2, 0.25) is 0 Å². The first kappa shape index (κ1) is 34.7. The number of nitro groups is 3. The number of nitrogens with zero attached hydrogens (tertiary/aromatic N) is 9. The molecule has 9 rings (SSSR count). The molecule has 0 atom stereocenters. The summed E-state index contributed by atoms with van der Waals surface area (Å²) in [5.41, 5.74) is 3.96. The first-order valence-electron chi connectivity index (χ1n) is 15.1. The number of hydrogen-bond acceptors (Lipinski definition) is 12. The van der Waals surface area contributed by atoms with Gasteiger partial charge in [-0.25, -0.2) is 0 Å². The second kappa shape index (κ2) is 14.7. The van der Waals surface area contributed by atoms with Crippen LogP contribution < -0.4 is 0 Å². The summed E-state index contributed by atoms with van der Waals surface area (Å²) < 4.78 is 0. The maximum atomic E-state index is 11.0. The molecule has 1 radical (unpaired) electrons. The van der Waals surface area contributed by atoms with E-state index in [4.69, 9.17) is 0 Å². The normalized spacial score (nSPS) is 10.6. The second-order valence-electron chi connectivity index (χ2n) is 10.9. The van der Waals surface area contributed by atoms with Gasteiger partial charge < -0.3 is 0 Å². The maximum absolute atomic E-state index is 11.0. The van der Waals surface area contributed by atoms with Crippen molar-refractivity contribution in [1.29, 1.82) is 0 Å². The molecule has 52 heavy (non-hydrogen) atoms. The zero-order valence-electron chi connectivity index (χ0n) is 26.4. The number of pyridine rings is 6. The van der Waals surface area contributed by atoms with Crippen molar-refractivity contribution >= 4 is 82.5 Å². The minimum atomic E-state index is -0.392. The van der Waals surface area contributed by atoms with Crippen LogP contribution in [0.15, 0.2) is 128 Å². The molecule has 0 bridgehead atoms. The average molecular weight is 735 g/mol. The van der Waals surface area contributed by atoms with Crippen molar-refractivity contribution in [2.75, 3.05) is 0 Å². The third-order valence-electron chi connectivity index (χ3n) is 7.91. The Kier molecular flexibility index (Phi) is 9.84. The van der Waals surface area contributed by atoms with E-state index in [0.717, 1.165) is 16.2 Å². The van der Waals surface area contributed by atoms with Crippen LogP contribution in [0.2, 0.25) is 0 Å². The number of benzene rings is 3. The summed E-state index contributed by atoms with van der Waals surface area (Å²) in [4.78, 5) is 57.1. The number of aromatic nitrogens is 6. The van der Waals surface area contributed by atoms with E-state index in [1.54, 1.807) is 110 Å². The minimum Gasteiger partial charge on any atom is -0.258 e. The van der Waals surface area contributed by atoms with Gasteiger partial charge >= 0.3 is 0 Å². The standard InChI is InChI=1S/3C12H7N3O2.Co/c3*16-15(17)10-7-8-3-1-5-13-11(8)12-9(10)4-2-6-14-12;/h3*1-7H;. The quantitative estimate of drug-likeness (QED) is 0.0959. The molecule has 6 heterocycles. The molecule has 16 heteroatoms. The van der Waals surface area contributed by atoms with Crippen molar-refractivity contribution in [2.45, 2.75) is 0 Å². The molecule has 0 N–H and O–H groups in total. The van der Waals surface area contributed by atoms with Gasteiger partial charge in [0.05, 0.1) is 47.5 Å². The largest absolute Gasteiger partial charge is 0.279 e. The maximum Gasteiger partial charge on any atom is 0.279 e.